The fourth-order valence-corrected chi connectivity index (χ4v) is 1.48. The molecule has 1 aromatic rings. The second-order valence-corrected chi connectivity index (χ2v) is 3.91. The van der Waals surface area contributed by atoms with Crippen molar-refractivity contribution in [2.24, 2.45) is 5.73 Å². The van der Waals surface area contributed by atoms with Crippen LogP contribution in [-0.2, 0) is 0 Å². The Balaban J connectivity index is 3.12. The molecule has 0 saturated carbocycles. The third-order valence-corrected chi connectivity index (χ3v) is 2.61. The Morgan fingerprint density at radius 1 is 1.62 bits per heavy atom. The summed E-state index contributed by atoms with van der Waals surface area (Å²) in [5.74, 6) is -0.421. The molecule has 2 nitrogen and oxygen atoms in total. The van der Waals surface area contributed by atoms with Crippen LogP contribution in [0.1, 0.15) is 0 Å². The third kappa shape index (κ3) is 2.79. The standard InChI is InChI=1S/C7H5BrClFN2S/c8-4-1-3(10)2-5(6(4)9)12-7(11)13/h1-2H,(H3,11,12,13). The quantitative estimate of drug-likeness (QED) is 0.615. The summed E-state index contributed by atoms with van der Waals surface area (Å²) in [6.45, 7) is 0. The Labute approximate surface area is 93.4 Å². The summed E-state index contributed by atoms with van der Waals surface area (Å²) in [6.07, 6.45) is 0. The van der Waals surface area contributed by atoms with Crippen LogP contribution in [0, 0.1) is 5.82 Å². The number of rotatable bonds is 1. The van der Waals surface area contributed by atoms with Gasteiger partial charge in [0.05, 0.1) is 10.7 Å². The summed E-state index contributed by atoms with van der Waals surface area (Å²) in [5.41, 5.74) is 5.57. The van der Waals surface area contributed by atoms with Gasteiger partial charge in [-0.25, -0.2) is 4.39 Å². The van der Waals surface area contributed by atoms with Crippen molar-refractivity contribution in [3.63, 3.8) is 0 Å². The van der Waals surface area contributed by atoms with Crippen LogP contribution < -0.4 is 11.1 Å². The van der Waals surface area contributed by atoms with Gasteiger partial charge in [0.15, 0.2) is 5.11 Å². The Morgan fingerprint density at radius 3 is 2.77 bits per heavy atom. The van der Waals surface area contributed by atoms with Gasteiger partial charge in [0.25, 0.3) is 0 Å². The molecular weight excluding hydrogens is 279 g/mol. The molecule has 0 heterocycles. The van der Waals surface area contributed by atoms with E-state index in [4.69, 9.17) is 17.3 Å². The van der Waals surface area contributed by atoms with Crippen molar-refractivity contribution in [3.8, 4) is 0 Å². The highest BCUT2D eigenvalue weighted by molar-refractivity contribution is 9.10. The summed E-state index contributed by atoms with van der Waals surface area (Å²) in [7, 11) is 0. The summed E-state index contributed by atoms with van der Waals surface area (Å²) in [4.78, 5) is 0. The van der Waals surface area contributed by atoms with Crippen LogP contribution in [0.3, 0.4) is 0 Å². The zero-order valence-corrected chi connectivity index (χ0v) is 9.43. The Morgan fingerprint density at radius 2 is 2.23 bits per heavy atom. The molecule has 70 valence electrons. The van der Waals surface area contributed by atoms with Gasteiger partial charge in [-0.3, -0.25) is 0 Å². The molecule has 0 saturated heterocycles. The molecule has 0 aliphatic rings. The first kappa shape index (κ1) is 10.7. The second kappa shape index (κ2) is 4.21. The van der Waals surface area contributed by atoms with Crippen LogP contribution in [0.5, 0.6) is 0 Å². The zero-order valence-electron chi connectivity index (χ0n) is 6.27. The molecule has 0 spiro atoms. The summed E-state index contributed by atoms with van der Waals surface area (Å²) in [6, 6.07) is 2.47. The van der Waals surface area contributed by atoms with Gasteiger partial charge in [-0.05, 0) is 40.3 Å². The van der Waals surface area contributed by atoms with E-state index in [2.05, 4.69) is 33.5 Å². The fourth-order valence-electron chi connectivity index (χ4n) is 0.780. The number of nitrogens with one attached hydrogen (secondary N) is 1. The lowest BCUT2D eigenvalue weighted by atomic mass is 10.3. The molecule has 0 aromatic heterocycles. The van der Waals surface area contributed by atoms with Crippen LogP contribution in [0.4, 0.5) is 10.1 Å². The van der Waals surface area contributed by atoms with E-state index in [0.29, 0.717) is 15.2 Å². The molecule has 0 amide bonds. The molecule has 13 heavy (non-hydrogen) atoms. The van der Waals surface area contributed by atoms with E-state index in [1.807, 2.05) is 0 Å². The molecule has 3 N–H and O–H groups in total. The van der Waals surface area contributed by atoms with E-state index in [-0.39, 0.29) is 5.11 Å². The summed E-state index contributed by atoms with van der Waals surface area (Å²) in [5, 5.41) is 2.94. The van der Waals surface area contributed by atoms with Crippen molar-refractivity contribution in [3.05, 3.63) is 27.4 Å². The molecule has 0 bridgehead atoms. The SMILES string of the molecule is NC(=S)Nc1cc(F)cc(Br)c1Cl. The van der Waals surface area contributed by atoms with E-state index < -0.39 is 5.82 Å². The van der Waals surface area contributed by atoms with Crippen molar-refractivity contribution >= 4 is 50.5 Å². The topological polar surface area (TPSA) is 38.0 Å². The van der Waals surface area contributed by atoms with E-state index in [1.54, 1.807) is 0 Å². The van der Waals surface area contributed by atoms with Gasteiger partial charge in [0.2, 0.25) is 0 Å². The van der Waals surface area contributed by atoms with Crippen LogP contribution in [0.15, 0.2) is 16.6 Å². The van der Waals surface area contributed by atoms with Crippen molar-refractivity contribution in [1.29, 1.82) is 0 Å². The van der Waals surface area contributed by atoms with Crippen LogP contribution in [0.25, 0.3) is 0 Å². The predicted octanol–water partition coefficient (Wildman–Crippen LogP) is 2.90. The van der Waals surface area contributed by atoms with E-state index >= 15 is 0 Å². The molecule has 0 radical (unpaired) electrons. The van der Waals surface area contributed by atoms with Gasteiger partial charge in [0, 0.05) is 4.47 Å². The molecular formula is C7H5BrClFN2S. The Kier molecular flexibility index (Phi) is 3.47. The fraction of sp³-hybridized carbons (Fsp3) is 0. The molecule has 0 unspecified atom stereocenters. The van der Waals surface area contributed by atoms with Gasteiger partial charge >= 0.3 is 0 Å². The average molecular weight is 284 g/mol. The maximum atomic E-state index is 12.8. The maximum Gasteiger partial charge on any atom is 0.168 e. The molecule has 1 rings (SSSR count). The van der Waals surface area contributed by atoms with Crippen molar-refractivity contribution in [2.75, 3.05) is 5.32 Å². The lowest BCUT2D eigenvalue weighted by Gasteiger charge is -2.07. The largest absolute Gasteiger partial charge is 0.376 e. The first-order valence-electron chi connectivity index (χ1n) is 3.21. The van der Waals surface area contributed by atoms with Gasteiger partial charge in [0.1, 0.15) is 5.82 Å². The van der Waals surface area contributed by atoms with Gasteiger partial charge in [-0.2, -0.15) is 0 Å². The van der Waals surface area contributed by atoms with E-state index in [1.165, 1.54) is 12.1 Å². The van der Waals surface area contributed by atoms with E-state index in [9.17, 15) is 4.39 Å². The van der Waals surface area contributed by atoms with Gasteiger partial charge < -0.3 is 11.1 Å². The average Bonchev–Trinajstić information content (AvgIpc) is 1.98. The first-order valence-corrected chi connectivity index (χ1v) is 4.79. The third-order valence-electron chi connectivity index (χ3n) is 1.25. The Hall–Kier alpha value is -0.390. The smallest absolute Gasteiger partial charge is 0.168 e. The minimum Gasteiger partial charge on any atom is -0.376 e. The lowest BCUT2D eigenvalue weighted by molar-refractivity contribution is 0.627. The summed E-state index contributed by atoms with van der Waals surface area (Å²) < 4.78 is 13.3. The minimum absolute atomic E-state index is 0.0411. The van der Waals surface area contributed by atoms with Crippen molar-refractivity contribution < 1.29 is 4.39 Å². The molecule has 0 atom stereocenters. The van der Waals surface area contributed by atoms with Crippen molar-refractivity contribution in [1.82, 2.24) is 0 Å². The number of nitrogens with two attached hydrogens (primary N) is 1. The number of anilines is 1. The van der Waals surface area contributed by atoms with Gasteiger partial charge in [-0.1, -0.05) is 11.6 Å². The second-order valence-electron chi connectivity index (χ2n) is 2.24. The van der Waals surface area contributed by atoms with Crippen LogP contribution >= 0.6 is 39.7 Å². The van der Waals surface area contributed by atoms with Gasteiger partial charge in [-0.15, -0.1) is 0 Å². The monoisotopic (exact) mass is 282 g/mol. The van der Waals surface area contributed by atoms with Crippen molar-refractivity contribution in [2.45, 2.75) is 0 Å². The number of hydrogen-bond acceptors (Lipinski definition) is 1. The zero-order chi connectivity index (χ0) is 10.0. The lowest BCUT2D eigenvalue weighted by Crippen LogP contribution is -2.19. The maximum absolute atomic E-state index is 12.8. The normalized spacial score (nSPS) is 9.77. The Bertz CT molecular complexity index is 359. The number of thiocarbonyl (C=S) groups is 1. The van der Waals surface area contributed by atoms with Crippen LogP contribution in [0.2, 0.25) is 5.02 Å². The summed E-state index contributed by atoms with van der Waals surface area (Å²) >= 11 is 13.5. The highest BCUT2D eigenvalue weighted by Crippen LogP contribution is 2.31. The molecule has 0 aliphatic heterocycles. The van der Waals surface area contributed by atoms with Crippen LogP contribution in [-0.4, -0.2) is 5.11 Å². The molecule has 0 fully saturated rings. The van der Waals surface area contributed by atoms with E-state index in [0.717, 1.165) is 0 Å². The highest BCUT2D eigenvalue weighted by atomic mass is 79.9. The minimum atomic E-state index is -0.421. The predicted molar refractivity (Wildman–Crippen MR) is 59.5 cm³/mol. The first-order chi connectivity index (χ1) is 6.00. The number of benzene rings is 1. The number of halogens is 3. The molecule has 0 aliphatic carbocycles. The highest BCUT2D eigenvalue weighted by Gasteiger charge is 2.07. The molecule has 6 heteroatoms. The molecule has 1 aromatic carbocycles. The number of hydrogen-bond donors (Lipinski definition) is 2.